The third kappa shape index (κ3) is 5.43. The summed E-state index contributed by atoms with van der Waals surface area (Å²) in [6, 6.07) is 6.43. The minimum absolute atomic E-state index is 0.0907. The number of benzene rings is 1. The fourth-order valence-electron chi connectivity index (χ4n) is 1.69. The molecule has 0 spiro atoms. The highest BCUT2D eigenvalue weighted by atomic mass is 16.5. The summed E-state index contributed by atoms with van der Waals surface area (Å²) in [6.07, 6.45) is 0.944. The van der Waals surface area contributed by atoms with Crippen LogP contribution in [-0.4, -0.2) is 24.5 Å². The molecule has 0 unspecified atom stereocenters. The molecule has 0 aliphatic carbocycles. The van der Waals surface area contributed by atoms with E-state index in [2.05, 4.69) is 5.32 Å². The molecule has 0 bridgehead atoms. The van der Waals surface area contributed by atoms with E-state index in [0.29, 0.717) is 11.4 Å². The van der Waals surface area contributed by atoms with Crippen LogP contribution < -0.4 is 21.5 Å². The van der Waals surface area contributed by atoms with Gasteiger partial charge in [-0.15, -0.1) is 0 Å². The molecular weight excluding hydrogens is 270 g/mol. The van der Waals surface area contributed by atoms with Crippen LogP contribution in [0.25, 0.3) is 0 Å². The Kier molecular flexibility index (Phi) is 6.68. The van der Waals surface area contributed by atoms with Crippen LogP contribution in [0.5, 0.6) is 5.75 Å². The fraction of sp³-hybridized carbons (Fsp3) is 0.467. The number of primary amides is 1. The number of ether oxygens (including phenoxy) is 1. The molecule has 1 aromatic rings. The van der Waals surface area contributed by atoms with Crippen molar-refractivity contribution >= 4 is 17.5 Å². The Morgan fingerprint density at radius 1 is 1.33 bits per heavy atom. The van der Waals surface area contributed by atoms with Crippen molar-refractivity contribution in [1.29, 1.82) is 0 Å². The van der Waals surface area contributed by atoms with E-state index >= 15 is 0 Å². The zero-order valence-electron chi connectivity index (χ0n) is 12.5. The SMILES string of the molecule is CC[C@H](C)[C@H](N)C(=O)Nc1ccccc1OCCC(N)=O. The first-order valence-electron chi connectivity index (χ1n) is 7.02. The molecule has 2 amide bonds. The van der Waals surface area contributed by atoms with Gasteiger partial charge in [0, 0.05) is 0 Å². The van der Waals surface area contributed by atoms with E-state index in [9.17, 15) is 9.59 Å². The number of nitrogens with two attached hydrogens (primary N) is 2. The van der Waals surface area contributed by atoms with E-state index < -0.39 is 11.9 Å². The van der Waals surface area contributed by atoms with Gasteiger partial charge in [-0.05, 0) is 18.1 Å². The molecule has 0 aromatic heterocycles. The van der Waals surface area contributed by atoms with Crippen molar-refractivity contribution in [2.75, 3.05) is 11.9 Å². The van der Waals surface area contributed by atoms with Crippen molar-refractivity contribution in [2.45, 2.75) is 32.7 Å². The maximum atomic E-state index is 12.1. The maximum Gasteiger partial charge on any atom is 0.241 e. The second-order valence-electron chi connectivity index (χ2n) is 4.96. The van der Waals surface area contributed by atoms with Crippen molar-refractivity contribution in [1.82, 2.24) is 0 Å². The smallest absolute Gasteiger partial charge is 0.241 e. The molecule has 1 aromatic carbocycles. The lowest BCUT2D eigenvalue weighted by Crippen LogP contribution is -2.40. The van der Waals surface area contributed by atoms with Crippen LogP contribution in [0.1, 0.15) is 26.7 Å². The average Bonchev–Trinajstić information content (AvgIpc) is 2.47. The van der Waals surface area contributed by atoms with E-state index in [1.54, 1.807) is 24.3 Å². The van der Waals surface area contributed by atoms with Gasteiger partial charge in [-0.1, -0.05) is 32.4 Å². The average molecular weight is 293 g/mol. The van der Waals surface area contributed by atoms with Gasteiger partial charge in [-0.3, -0.25) is 9.59 Å². The summed E-state index contributed by atoms with van der Waals surface area (Å²) in [6.45, 7) is 4.08. The Hall–Kier alpha value is -2.08. The third-order valence-corrected chi connectivity index (χ3v) is 3.31. The fourth-order valence-corrected chi connectivity index (χ4v) is 1.69. The number of carbonyl (C=O) groups excluding carboxylic acids is 2. The molecule has 6 heteroatoms. The number of para-hydroxylation sites is 2. The van der Waals surface area contributed by atoms with Crippen LogP contribution >= 0.6 is 0 Å². The number of anilines is 1. The standard InChI is InChI=1S/C15H23N3O3/c1-3-10(2)14(17)15(20)18-11-6-4-5-7-12(11)21-9-8-13(16)19/h4-7,10,14H,3,8-9,17H2,1-2H3,(H2,16,19)(H,18,20)/t10-,14-/m0/s1. The molecule has 0 heterocycles. The molecule has 0 saturated carbocycles. The zero-order valence-corrected chi connectivity index (χ0v) is 12.5. The van der Waals surface area contributed by atoms with Crippen LogP contribution in [0.2, 0.25) is 0 Å². The highest BCUT2D eigenvalue weighted by molar-refractivity contribution is 5.96. The lowest BCUT2D eigenvalue weighted by molar-refractivity contribution is -0.119. The van der Waals surface area contributed by atoms with Crippen molar-refractivity contribution in [2.24, 2.45) is 17.4 Å². The lowest BCUT2D eigenvalue weighted by atomic mass is 9.99. The zero-order chi connectivity index (χ0) is 15.8. The van der Waals surface area contributed by atoms with Crippen molar-refractivity contribution in [3.63, 3.8) is 0 Å². The summed E-state index contributed by atoms with van der Waals surface area (Å²) in [5, 5.41) is 2.76. The summed E-state index contributed by atoms with van der Waals surface area (Å²) in [7, 11) is 0. The van der Waals surface area contributed by atoms with Crippen molar-refractivity contribution in [3.05, 3.63) is 24.3 Å². The van der Waals surface area contributed by atoms with Gasteiger partial charge < -0.3 is 21.5 Å². The molecule has 21 heavy (non-hydrogen) atoms. The van der Waals surface area contributed by atoms with Crippen LogP contribution in [0.3, 0.4) is 0 Å². The lowest BCUT2D eigenvalue weighted by Gasteiger charge is -2.19. The number of rotatable bonds is 8. The maximum absolute atomic E-state index is 12.1. The van der Waals surface area contributed by atoms with Gasteiger partial charge in [0.05, 0.1) is 24.8 Å². The molecule has 2 atom stereocenters. The van der Waals surface area contributed by atoms with Gasteiger partial charge in [-0.2, -0.15) is 0 Å². The Balaban J connectivity index is 2.70. The van der Waals surface area contributed by atoms with Crippen molar-refractivity contribution in [3.8, 4) is 5.75 Å². The van der Waals surface area contributed by atoms with Crippen molar-refractivity contribution < 1.29 is 14.3 Å². The summed E-state index contributed by atoms with van der Waals surface area (Å²) in [4.78, 5) is 22.8. The normalized spacial score (nSPS) is 13.3. The molecule has 0 aliphatic heterocycles. The second-order valence-corrected chi connectivity index (χ2v) is 4.96. The number of carbonyl (C=O) groups is 2. The van der Waals surface area contributed by atoms with Crippen LogP contribution in [0, 0.1) is 5.92 Å². The van der Waals surface area contributed by atoms with E-state index in [1.807, 2.05) is 13.8 Å². The van der Waals surface area contributed by atoms with E-state index in [1.165, 1.54) is 0 Å². The first-order valence-corrected chi connectivity index (χ1v) is 7.02. The molecule has 0 fully saturated rings. The highest BCUT2D eigenvalue weighted by Gasteiger charge is 2.20. The van der Waals surface area contributed by atoms with Crippen LogP contribution in [-0.2, 0) is 9.59 Å². The summed E-state index contributed by atoms with van der Waals surface area (Å²) in [5.41, 5.74) is 11.5. The second kappa shape index (κ2) is 8.26. The first kappa shape index (κ1) is 17.0. The molecule has 0 aliphatic rings. The molecule has 116 valence electrons. The van der Waals surface area contributed by atoms with Gasteiger partial charge >= 0.3 is 0 Å². The molecule has 5 N–H and O–H groups in total. The molecule has 6 nitrogen and oxygen atoms in total. The minimum atomic E-state index is -0.575. The largest absolute Gasteiger partial charge is 0.491 e. The van der Waals surface area contributed by atoms with Gasteiger partial charge in [0.1, 0.15) is 5.75 Å². The van der Waals surface area contributed by atoms with E-state index in [0.717, 1.165) is 6.42 Å². The summed E-state index contributed by atoms with van der Waals surface area (Å²) < 4.78 is 5.46. The van der Waals surface area contributed by atoms with Gasteiger partial charge in [0.15, 0.2) is 0 Å². The number of nitrogens with one attached hydrogen (secondary N) is 1. The van der Waals surface area contributed by atoms with Crippen LogP contribution in [0.15, 0.2) is 24.3 Å². The van der Waals surface area contributed by atoms with E-state index in [4.69, 9.17) is 16.2 Å². The highest BCUT2D eigenvalue weighted by Crippen LogP contribution is 2.24. The summed E-state index contributed by atoms with van der Waals surface area (Å²) >= 11 is 0. The first-order chi connectivity index (χ1) is 9.95. The monoisotopic (exact) mass is 293 g/mol. The molecule has 1 rings (SSSR count). The quantitative estimate of drug-likeness (QED) is 0.670. The number of hydrogen-bond donors (Lipinski definition) is 3. The van der Waals surface area contributed by atoms with Gasteiger partial charge in [0.25, 0.3) is 0 Å². The Labute approximate surface area is 124 Å². The Bertz CT molecular complexity index is 491. The number of amides is 2. The molecule has 0 radical (unpaired) electrons. The Morgan fingerprint density at radius 3 is 2.62 bits per heavy atom. The predicted molar refractivity (Wildman–Crippen MR) is 81.8 cm³/mol. The van der Waals surface area contributed by atoms with Gasteiger partial charge in [-0.25, -0.2) is 0 Å². The third-order valence-electron chi connectivity index (χ3n) is 3.31. The number of hydrogen-bond acceptors (Lipinski definition) is 4. The van der Waals surface area contributed by atoms with Crippen LogP contribution in [0.4, 0.5) is 5.69 Å². The minimum Gasteiger partial charge on any atom is -0.491 e. The Morgan fingerprint density at radius 2 is 2.00 bits per heavy atom. The molecule has 0 saturated heterocycles. The van der Waals surface area contributed by atoms with Gasteiger partial charge in [0.2, 0.25) is 11.8 Å². The topological polar surface area (TPSA) is 107 Å². The predicted octanol–water partition coefficient (Wildman–Crippen LogP) is 1.25. The van der Waals surface area contributed by atoms with E-state index in [-0.39, 0.29) is 24.9 Å². The molecular formula is C15H23N3O3. The summed E-state index contributed by atoms with van der Waals surface area (Å²) in [5.74, 6) is -0.109.